The van der Waals surface area contributed by atoms with Crippen molar-refractivity contribution in [3.63, 3.8) is 0 Å². The van der Waals surface area contributed by atoms with Crippen LogP contribution in [0.4, 0.5) is 32.2 Å². The second kappa shape index (κ2) is 14.0. The minimum absolute atomic E-state index is 0.00219. The van der Waals surface area contributed by atoms with E-state index < -0.39 is 42.1 Å². The number of piperidine rings is 1. The molecule has 1 saturated carbocycles. The summed E-state index contributed by atoms with van der Waals surface area (Å²) >= 11 is 0. The summed E-state index contributed by atoms with van der Waals surface area (Å²) in [6.07, 6.45) is 7.25. The van der Waals surface area contributed by atoms with Crippen LogP contribution in [0.2, 0.25) is 0 Å². The number of halogens is 6. The molecule has 59 heavy (non-hydrogen) atoms. The number of nitrogens with zero attached hydrogens (tertiary/aromatic N) is 7. The van der Waals surface area contributed by atoms with Gasteiger partial charge in [0.15, 0.2) is 5.82 Å². The first-order valence-corrected chi connectivity index (χ1v) is 20.0. The first kappa shape index (κ1) is 38.1. The highest BCUT2D eigenvalue weighted by molar-refractivity contribution is 6.18. The molecule has 1 aliphatic carbocycles. The van der Waals surface area contributed by atoms with Crippen molar-refractivity contribution in [2.24, 2.45) is 18.4 Å². The Balaban J connectivity index is 1.12. The van der Waals surface area contributed by atoms with E-state index in [9.17, 15) is 13.9 Å². The van der Waals surface area contributed by atoms with Crippen LogP contribution in [0.15, 0.2) is 42.1 Å². The summed E-state index contributed by atoms with van der Waals surface area (Å²) in [5, 5.41) is 17.0. The van der Waals surface area contributed by atoms with Crippen LogP contribution >= 0.6 is 0 Å². The normalized spacial score (nSPS) is 24.6. The Morgan fingerprint density at radius 1 is 1.02 bits per heavy atom. The van der Waals surface area contributed by atoms with Gasteiger partial charge in [0.1, 0.15) is 35.0 Å². The maximum Gasteiger partial charge on any atom is 0.319 e. The lowest BCUT2D eigenvalue weighted by Gasteiger charge is -2.44. The molecule has 3 aromatic carbocycles. The van der Waals surface area contributed by atoms with Crippen molar-refractivity contribution in [1.29, 1.82) is 0 Å². The van der Waals surface area contributed by atoms with Gasteiger partial charge in [0.05, 0.1) is 29.6 Å². The van der Waals surface area contributed by atoms with Gasteiger partial charge in [-0.25, -0.2) is 17.6 Å². The number of anilines is 1. The van der Waals surface area contributed by atoms with Crippen molar-refractivity contribution in [2.75, 3.05) is 64.0 Å². The molecule has 4 saturated heterocycles. The molecule has 308 valence electrons. The van der Waals surface area contributed by atoms with E-state index in [0.717, 1.165) is 45.7 Å². The predicted molar refractivity (Wildman–Crippen MR) is 209 cm³/mol. The fraction of sp³-hybridized carbons (Fsp3) is 0.465. The molecule has 0 spiro atoms. The SMILES string of the molecule is C#Cc1c(F)ccc2cc(O)cc(-c3c(F)c4nc(OC[C@]5(CN6CCC(=C(F)F)CC6)CC5(F)F)nc(N5[C@@H]6CC[C@H]5CN(CC5COC5)C6)c4c4cn(C)nc34)c12. The number of ether oxygens (including phenoxy) is 2. The molecule has 2 aromatic heterocycles. The van der Waals surface area contributed by atoms with E-state index in [1.165, 1.54) is 28.9 Å². The maximum absolute atomic E-state index is 17.8. The van der Waals surface area contributed by atoms with Crippen molar-refractivity contribution >= 4 is 38.4 Å². The second-order valence-electron chi connectivity index (χ2n) is 17.0. The molecule has 2 bridgehead atoms. The Morgan fingerprint density at radius 3 is 2.39 bits per heavy atom. The summed E-state index contributed by atoms with van der Waals surface area (Å²) < 4.78 is 103. The molecule has 5 aliphatic rings. The van der Waals surface area contributed by atoms with Crippen LogP contribution in [-0.2, 0) is 11.8 Å². The van der Waals surface area contributed by atoms with Crippen molar-refractivity contribution in [3.05, 3.63) is 59.3 Å². The van der Waals surface area contributed by atoms with Crippen LogP contribution in [0.3, 0.4) is 0 Å². The highest BCUT2D eigenvalue weighted by Gasteiger charge is 2.72. The van der Waals surface area contributed by atoms with Crippen LogP contribution in [-0.4, -0.2) is 112 Å². The smallest absolute Gasteiger partial charge is 0.319 e. The highest BCUT2D eigenvalue weighted by Crippen LogP contribution is 2.61. The topological polar surface area (TPSA) is 92.0 Å². The van der Waals surface area contributed by atoms with Gasteiger partial charge in [0.2, 0.25) is 0 Å². The number of aryl methyl sites for hydroxylation is 1. The van der Waals surface area contributed by atoms with Gasteiger partial charge in [-0.05, 0) is 60.4 Å². The van der Waals surface area contributed by atoms with E-state index in [1.54, 1.807) is 18.1 Å². The van der Waals surface area contributed by atoms with Crippen molar-refractivity contribution in [1.82, 2.24) is 29.5 Å². The highest BCUT2D eigenvalue weighted by atomic mass is 19.3. The average molecular weight is 818 g/mol. The number of phenolic OH excluding ortho intramolecular Hbond substituents is 1. The number of hydrogen-bond donors (Lipinski definition) is 1. The number of alkyl halides is 2. The largest absolute Gasteiger partial charge is 0.508 e. The Kier molecular flexibility index (Phi) is 9.04. The number of benzene rings is 3. The number of phenols is 1. The molecule has 6 heterocycles. The van der Waals surface area contributed by atoms with Crippen molar-refractivity contribution in [2.45, 2.75) is 50.1 Å². The van der Waals surface area contributed by atoms with Gasteiger partial charge >= 0.3 is 6.01 Å². The number of hydrogen-bond acceptors (Lipinski definition) is 9. The molecule has 16 heteroatoms. The Morgan fingerprint density at radius 2 is 1.75 bits per heavy atom. The average Bonchev–Trinajstić information content (AvgIpc) is 3.36. The van der Waals surface area contributed by atoms with E-state index in [2.05, 4.69) is 20.7 Å². The second-order valence-corrected chi connectivity index (χ2v) is 17.0. The Labute approximate surface area is 335 Å². The first-order valence-electron chi connectivity index (χ1n) is 20.0. The lowest BCUT2D eigenvalue weighted by Crippen LogP contribution is -2.56. The minimum Gasteiger partial charge on any atom is -0.508 e. The number of piperazine rings is 1. The molecule has 10 rings (SSSR count). The van der Waals surface area contributed by atoms with E-state index in [4.69, 9.17) is 26.0 Å². The van der Waals surface area contributed by atoms with E-state index >= 15 is 17.6 Å². The van der Waals surface area contributed by atoms with Gasteiger partial charge in [0.25, 0.3) is 12.0 Å². The third-order valence-electron chi connectivity index (χ3n) is 13.1. The number of likely N-dealkylation sites (tertiary alicyclic amines) is 2. The molecule has 0 amide bonds. The van der Waals surface area contributed by atoms with E-state index in [-0.39, 0.29) is 95.0 Å². The van der Waals surface area contributed by atoms with Crippen LogP contribution in [0.25, 0.3) is 43.7 Å². The zero-order chi connectivity index (χ0) is 41.0. The molecule has 5 aromatic rings. The maximum atomic E-state index is 17.8. The monoisotopic (exact) mass is 817 g/mol. The third-order valence-corrected chi connectivity index (χ3v) is 13.1. The lowest BCUT2D eigenvalue weighted by molar-refractivity contribution is -0.0484. The van der Waals surface area contributed by atoms with Crippen LogP contribution < -0.4 is 9.64 Å². The zero-order valence-corrected chi connectivity index (χ0v) is 32.3. The molecule has 0 radical (unpaired) electrons. The molecule has 1 N–H and O–H groups in total. The number of fused-ring (bicyclic) bond motifs is 6. The fourth-order valence-electron chi connectivity index (χ4n) is 9.97. The summed E-state index contributed by atoms with van der Waals surface area (Å²) in [5.74, 6) is -1.63. The van der Waals surface area contributed by atoms with Gasteiger partial charge in [0, 0.05) is 93.3 Å². The van der Waals surface area contributed by atoms with Gasteiger partial charge < -0.3 is 24.4 Å². The van der Waals surface area contributed by atoms with E-state index in [1.807, 2.05) is 0 Å². The molecule has 5 fully saturated rings. The zero-order valence-electron chi connectivity index (χ0n) is 32.3. The molecule has 4 aliphatic heterocycles. The van der Waals surface area contributed by atoms with Crippen molar-refractivity contribution < 1.29 is 40.9 Å². The van der Waals surface area contributed by atoms with Crippen LogP contribution in [0.1, 0.15) is 37.7 Å². The number of aromatic hydroxyl groups is 1. The standard InChI is InChI=1S/C43H41F6N7O3/c1-3-29-32(44)7-4-25-12-28(57)13-30(33(25)29)34-36(45)38-35(31-17-53(2)52-37(31)34)40(56-26-5-6-27(56)16-55(15-26)14-23-18-58-19-23)51-41(50-38)59-22-42(20-43(42,48)49)21-54-10-8-24(9-11-54)39(46)47/h1,4,7,12-13,17,23,26-27,57H,5-6,8-11,14-16,18-22H2,2H3/t26-,27+,42-/m1/s1. The van der Waals surface area contributed by atoms with Crippen LogP contribution in [0, 0.1) is 35.3 Å². The number of rotatable bonds is 9. The number of aromatic nitrogens is 4. The summed E-state index contributed by atoms with van der Waals surface area (Å²) in [7, 11) is 1.69. The number of terminal acetylenes is 1. The van der Waals surface area contributed by atoms with Gasteiger partial charge in [-0.15, -0.1) is 6.42 Å². The summed E-state index contributed by atoms with van der Waals surface area (Å²) in [6.45, 7) is 3.68. The molecular weight excluding hydrogens is 777 g/mol. The van der Waals surface area contributed by atoms with E-state index in [0.29, 0.717) is 27.9 Å². The molecular formula is C43H41F6N7O3. The predicted octanol–water partition coefficient (Wildman–Crippen LogP) is 7.25. The lowest BCUT2D eigenvalue weighted by atomic mass is 9.91. The Hall–Kier alpha value is -5.11. The fourth-order valence-corrected chi connectivity index (χ4v) is 9.97. The van der Waals surface area contributed by atoms with Crippen LogP contribution in [0.5, 0.6) is 11.8 Å². The van der Waals surface area contributed by atoms with Gasteiger partial charge in [-0.2, -0.15) is 23.8 Å². The quantitative estimate of drug-likeness (QED) is 0.122. The van der Waals surface area contributed by atoms with Crippen molar-refractivity contribution in [3.8, 4) is 35.2 Å². The summed E-state index contributed by atoms with van der Waals surface area (Å²) in [4.78, 5) is 15.9. The molecule has 10 nitrogen and oxygen atoms in total. The molecule has 3 atom stereocenters. The van der Waals surface area contributed by atoms with Gasteiger partial charge in [-0.3, -0.25) is 9.58 Å². The minimum atomic E-state index is -3.09. The Bertz CT molecular complexity index is 2600. The third kappa shape index (κ3) is 6.35. The van der Waals surface area contributed by atoms with Gasteiger partial charge in [-0.1, -0.05) is 12.0 Å². The first-order chi connectivity index (χ1) is 28.3. The molecule has 0 unspecified atom stereocenters. The summed E-state index contributed by atoms with van der Waals surface area (Å²) in [6, 6.07) is 5.06. The summed E-state index contributed by atoms with van der Waals surface area (Å²) in [5.41, 5.74) is -1.65.